The normalized spacial score (nSPS) is 22.5. The van der Waals surface area contributed by atoms with Crippen LogP contribution in [0.1, 0.15) is 123 Å². The van der Waals surface area contributed by atoms with Crippen LogP contribution in [0.3, 0.4) is 0 Å². The Morgan fingerprint density at radius 2 is 1.02 bits per heavy atom. The standard InChI is InChI=1S/C33H40BrClN6O3.C33H41ClN6O3/c1-21-16-38(20-37-21)17-22-9-10-40(18-22)31(42)28-19-39(11-12-41(28)32(43)44-33(2,3)4)30-27-8-7-26(35)14-23(27)5-6-24-13-25(34)15-36-29(24)30;1-22-17-37(21-36-22)18-23-11-13-39(19-23)31(41)28-20-38(14-15-40(28)32(42)43-33(2,3)4)30-27-10-9-26(34)16-25(27)8-7-24-6-5-12-35-29(24)30/h7-8,13-16,20,22,28,30H,5-6,9-12,17-19H2,1-4H3;5-6,9-10,12,16-17,21,23,28,30H,7-8,11,13-15,18-20H2,1-4H3/t22-,28-,30?;23-,28-,30?/m11/s1. The molecule has 18 nitrogen and oxygen atoms in total. The maximum atomic E-state index is 14.4. The number of imidazole rings is 2. The van der Waals surface area contributed by atoms with E-state index < -0.39 is 35.5 Å². The van der Waals surface area contributed by atoms with Gasteiger partial charge in [0.1, 0.15) is 23.3 Å². The maximum absolute atomic E-state index is 14.4. The number of rotatable bonds is 8. The largest absolute Gasteiger partial charge is 0.444 e. The molecular weight excluding hydrogens is 1210 g/mol. The number of nitrogens with zero attached hydrogens (tertiary/aromatic N) is 12. The number of benzene rings is 2. The molecule has 6 atom stereocenters. The Bertz CT molecular complexity index is 3450. The van der Waals surface area contributed by atoms with Crippen LogP contribution < -0.4 is 0 Å². The monoisotopic (exact) mass is 1290 g/mol. The van der Waals surface area contributed by atoms with Gasteiger partial charge < -0.3 is 28.4 Å². The minimum Gasteiger partial charge on any atom is -0.444 e. The number of ether oxygens (including phenoxy) is 2. The van der Waals surface area contributed by atoms with Crippen LogP contribution in [0.15, 0.2) is 96.5 Å². The highest BCUT2D eigenvalue weighted by atomic mass is 79.9. The van der Waals surface area contributed by atoms with E-state index in [1.807, 2.05) is 121 Å². The highest BCUT2D eigenvalue weighted by Gasteiger charge is 2.46. The molecule has 21 heteroatoms. The van der Waals surface area contributed by atoms with E-state index in [0.29, 0.717) is 87.3 Å². The summed E-state index contributed by atoms with van der Waals surface area (Å²) in [5, 5.41) is 1.42. The molecule has 6 aromatic rings. The Hall–Kier alpha value is -6.38. The van der Waals surface area contributed by atoms with E-state index in [2.05, 4.69) is 81.2 Å². The average molecular weight is 1290 g/mol. The first-order valence-corrected chi connectivity index (χ1v) is 32.2. The van der Waals surface area contributed by atoms with Crippen LogP contribution in [-0.2, 0) is 57.8 Å². The van der Waals surface area contributed by atoms with Gasteiger partial charge in [-0.3, -0.25) is 39.2 Å². The van der Waals surface area contributed by atoms with Crippen molar-refractivity contribution in [1.82, 2.24) is 58.5 Å². The molecule has 462 valence electrons. The van der Waals surface area contributed by atoms with Gasteiger partial charge in [0.2, 0.25) is 11.8 Å². The first kappa shape index (κ1) is 62.2. The van der Waals surface area contributed by atoms with Crippen molar-refractivity contribution in [1.29, 1.82) is 0 Å². The van der Waals surface area contributed by atoms with Crippen molar-refractivity contribution < 1.29 is 28.7 Å². The van der Waals surface area contributed by atoms with Crippen molar-refractivity contribution in [3.63, 3.8) is 0 Å². The molecule has 0 saturated carbocycles. The Kier molecular flexibility index (Phi) is 18.6. The third-order valence-corrected chi connectivity index (χ3v) is 18.5. The quantitative estimate of drug-likeness (QED) is 0.142. The molecule has 4 aliphatic heterocycles. The number of fused-ring (bicyclic) bond motifs is 4. The van der Waals surface area contributed by atoms with Crippen molar-refractivity contribution in [2.45, 2.75) is 142 Å². The summed E-state index contributed by atoms with van der Waals surface area (Å²) >= 11 is 16.5. The third-order valence-electron chi connectivity index (χ3n) is 17.6. The summed E-state index contributed by atoms with van der Waals surface area (Å²) in [4.78, 5) is 86.0. The molecule has 4 fully saturated rings. The summed E-state index contributed by atoms with van der Waals surface area (Å²) in [6.07, 6.45) is 15.9. The van der Waals surface area contributed by atoms with E-state index in [-0.39, 0.29) is 23.9 Å². The fourth-order valence-corrected chi connectivity index (χ4v) is 14.4. The molecule has 6 aliphatic rings. The van der Waals surface area contributed by atoms with Gasteiger partial charge in [0.15, 0.2) is 0 Å². The van der Waals surface area contributed by atoms with Gasteiger partial charge in [-0.05, 0) is 191 Å². The molecule has 0 bridgehead atoms. The lowest BCUT2D eigenvalue weighted by molar-refractivity contribution is -0.139. The highest BCUT2D eigenvalue weighted by molar-refractivity contribution is 9.10. The van der Waals surface area contributed by atoms with E-state index in [1.165, 1.54) is 22.3 Å². The fraction of sp³-hybridized carbons (Fsp3) is 0.515. The van der Waals surface area contributed by atoms with E-state index in [0.717, 1.165) is 90.0 Å². The molecule has 0 spiro atoms. The lowest BCUT2D eigenvalue weighted by Gasteiger charge is -2.44. The summed E-state index contributed by atoms with van der Waals surface area (Å²) in [6, 6.07) is 16.8. The Balaban J connectivity index is 0.000000180. The lowest BCUT2D eigenvalue weighted by Crippen LogP contribution is -2.62. The zero-order chi connectivity index (χ0) is 61.5. The van der Waals surface area contributed by atoms with Crippen LogP contribution in [-0.4, -0.2) is 171 Å². The minimum atomic E-state index is -0.675. The fourth-order valence-electron chi connectivity index (χ4n) is 13.6. The summed E-state index contributed by atoms with van der Waals surface area (Å²) in [5.41, 5.74) is 9.71. The smallest absolute Gasteiger partial charge is 0.411 e. The number of carbonyl (C=O) groups excluding carboxylic acids is 4. The van der Waals surface area contributed by atoms with Gasteiger partial charge in [0, 0.05) is 118 Å². The number of aromatic nitrogens is 6. The number of hydrogen-bond acceptors (Lipinski definition) is 12. The zero-order valence-corrected chi connectivity index (χ0v) is 54.4. The SMILES string of the molecule is Cc1cn(C[C@H]2CCN(C(=O)[C@H]3CN(C4c5ccc(Cl)cc5CCc5cc(Br)cnc54)CCN3C(=O)OC(C)(C)C)C2)cn1.Cc1cn(C[C@H]2CCN(C(=O)[C@H]3CN(C4c5ccc(Cl)cc5CCc5cccnc54)CCN3C(=O)OC(C)(C)C)C2)cn1. The van der Waals surface area contributed by atoms with Crippen LogP contribution in [0, 0.1) is 25.7 Å². The molecule has 2 aliphatic carbocycles. The number of carbonyl (C=O) groups is 4. The number of piperazine rings is 2. The van der Waals surface area contributed by atoms with Crippen molar-refractivity contribution in [2.75, 3.05) is 65.4 Å². The number of pyridine rings is 2. The Morgan fingerprint density at radius 1 is 0.563 bits per heavy atom. The second kappa shape index (κ2) is 26.0. The van der Waals surface area contributed by atoms with E-state index in [4.69, 9.17) is 42.6 Å². The van der Waals surface area contributed by atoms with E-state index >= 15 is 0 Å². The highest BCUT2D eigenvalue weighted by Crippen LogP contribution is 2.41. The second-order valence-corrected chi connectivity index (χ2v) is 28.2. The van der Waals surface area contributed by atoms with Gasteiger partial charge in [0.05, 0.1) is 47.5 Å². The minimum absolute atomic E-state index is 0.0222. The number of likely N-dealkylation sites (tertiary alicyclic amines) is 2. The molecule has 8 heterocycles. The van der Waals surface area contributed by atoms with Gasteiger partial charge >= 0.3 is 12.2 Å². The summed E-state index contributed by atoms with van der Waals surface area (Å²) in [6.45, 7) is 22.1. The van der Waals surface area contributed by atoms with E-state index in [1.54, 1.807) is 9.80 Å². The van der Waals surface area contributed by atoms with Gasteiger partial charge in [0.25, 0.3) is 0 Å². The van der Waals surface area contributed by atoms with Gasteiger partial charge in [-0.2, -0.15) is 0 Å². The molecule has 87 heavy (non-hydrogen) atoms. The first-order valence-electron chi connectivity index (χ1n) is 30.7. The third kappa shape index (κ3) is 14.5. The Labute approximate surface area is 529 Å². The summed E-state index contributed by atoms with van der Waals surface area (Å²) < 4.78 is 16.8. The molecule has 4 saturated heterocycles. The molecule has 4 aromatic heterocycles. The van der Waals surface area contributed by atoms with Crippen molar-refractivity contribution >= 4 is 63.1 Å². The van der Waals surface area contributed by atoms with Gasteiger partial charge in [-0.15, -0.1) is 0 Å². The molecular formula is C66H81BrCl2N12O6. The predicted molar refractivity (Wildman–Crippen MR) is 337 cm³/mol. The molecule has 2 unspecified atom stereocenters. The number of aryl methyl sites for hydroxylation is 6. The van der Waals surface area contributed by atoms with E-state index in [9.17, 15) is 19.2 Å². The zero-order valence-electron chi connectivity index (χ0n) is 51.3. The summed E-state index contributed by atoms with van der Waals surface area (Å²) in [7, 11) is 0. The van der Waals surface area contributed by atoms with Crippen molar-refractivity contribution in [3.05, 3.63) is 163 Å². The van der Waals surface area contributed by atoms with Crippen LogP contribution in [0.5, 0.6) is 0 Å². The first-order chi connectivity index (χ1) is 41.5. The number of hydrogen-bond donors (Lipinski definition) is 0. The van der Waals surface area contributed by atoms with Crippen LogP contribution >= 0.6 is 39.1 Å². The Morgan fingerprint density at radius 3 is 1.48 bits per heavy atom. The van der Waals surface area contributed by atoms with Gasteiger partial charge in [-0.1, -0.05) is 41.4 Å². The number of halogens is 3. The second-order valence-electron chi connectivity index (χ2n) is 26.4. The molecule has 0 N–H and O–H groups in total. The van der Waals surface area contributed by atoms with Crippen LogP contribution in [0.25, 0.3) is 0 Å². The number of amides is 4. The maximum Gasteiger partial charge on any atom is 0.411 e. The van der Waals surface area contributed by atoms with Crippen LogP contribution in [0.4, 0.5) is 9.59 Å². The van der Waals surface area contributed by atoms with Crippen LogP contribution in [0.2, 0.25) is 10.0 Å². The van der Waals surface area contributed by atoms with Gasteiger partial charge in [-0.25, -0.2) is 19.6 Å². The molecule has 0 radical (unpaired) electrons. The van der Waals surface area contributed by atoms with Crippen molar-refractivity contribution in [2.24, 2.45) is 11.8 Å². The van der Waals surface area contributed by atoms with Crippen molar-refractivity contribution in [3.8, 4) is 0 Å². The topological polar surface area (TPSA) is 168 Å². The molecule has 4 amide bonds. The lowest BCUT2D eigenvalue weighted by atomic mass is 9.95. The molecule has 12 rings (SSSR count). The average Bonchev–Trinajstić information content (AvgIpc) is 4.32. The predicted octanol–water partition coefficient (Wildman–Crippen LogP) is 10.6. The molecule has 2 aromatic carbocycles. The summed E-state index contributed by atoms with van der Waals surface area (Å²) in [5.74, 6) is 0.613.